The first-order valence-electron chi connectivity index (χ1n) is 8.70. The predicted octanol–water partition coefficient (Wildman–Crippen LogP) is 6.19. The summed E-state index contributed by atoms with van der Waals surface area (Å²) >= 11 is 7.53. The molecule has 0 aliphatic rings. The number of rotatable bonds is 6. The van der Waals surface area contributed by atoms with Gasteiger partial charge in [0.2, 0.25) is 0 Å². The highest BCUT2D eigenvalue weighted by Crippen LogP contribution is 2.31. The Kier molecular flexibility index (Phi) is 6.21. The van der Waals surface area contributed by atoms with Crippen LogP contribution >= 0.6 is 22.9 Å². The first-order valence-corrected chi connectivity index (χ1v) is 9.89. The Morgan fingerprint density at radius 1 is 1.21 bits per heavy atom. The quantitative estimate of drug-likeness (QED) is 0.373. The monoisotopic (exact) mass is 414 g/mol. The average Bonchev–Trinajstić information content (AvgIpc) is 3.05. The Labute approximate surface area is 172 Å². The van der Waals surface area contributed by atoms with Crippen LogP contribution in [-0.4, -0.2) is 16.9 Å². The molecule has 0 radical (unpaired) electrons. The van der Waals surface area contributed by atoms with Crippen molar-refractivity contribution in [3.63, 3.8) is 0 Å². The van der Waals surface area contributed by atoms with Crippen molar-refractivity contribution in [2.75, 3.05) is 5.43 Å². The van der Waals surface area contributed by atoms with E-state index < -0.39 is 0 Å². The van der Waals surface area contributed by atoms with Crippen molar-refractivity contribution in [2.24, 2.45) is 5.10 Å². The van der Waals surface area contributed by atoms with Crippen LogP contribution in [0.15, 0.2) is 41.5 Å². The molecule has 7 heteroatoms. The highest BCUT2D eigenvalue weighted by atomic mass is 35.5. The summed E-state index contributed by atoms with van der Waals surface area (Å²) in [7, 11) is 0. The molecule has 0 spiro atoms. The fourth-order valence-corrected chi connectivity index (χ4v) is 3.96. The van der Waals surface area contributed by atoms with E-state index >= 15 is 0 Å². The lowest BCUT2D eigenvalue weighted by Gasteiger charge is -2.08. The van der Waals surface area contributed by atoms with E-state index in [0.717, 1.165) is 21.1 Å². The van der Waals surface area contributed by atoms with Gasteiger partial charge in [0.25, 0.3) is 0 Å². The SMILES string of the molecule is Cc1ccc(NN=C(C=N)Cc2nc(C)c(-c3ccc(Cl)cc3)s2)c(C)c1F. The van der Waals surface area contributed by atoms with E-state index in [1.165, 1.54) is 6.21 Å². The van der Waals surface area contributed by atoms with Crippen LogP contribution in [0.5, 0.6) is 0 Å². The van der Waals surface area contributed by atoms with Crippen LogP contribution in [-0.2, 0) is 6.42 Å². The minimum atomic E-state index is -0.250. The average molecular weight is 415 g/mol. The highest BCUT2D eigenvalue weighted by Gasteiger charge is 2.12. The first-order chi connectivity index (χ1) is 13.4. The molecule has 1 heterocycles. The van der Waals surface area contributed by atoms with Gasteiger partial charge in [-0.05, 0) is 50.1 Å². The largest absolute Gasteiger partial charge is 0.307 e. The number of hydrazone groups is 1. The molecule has 0 fully saturated rings. The number of aromatic nitrogens is 1. The highest BCUT2D eigenvalue weighted by molar-refractivity contribution is 7.15. The van der Waals surface area contributed by atoms with Gasteiger partial charge < -0.3 is 5.41 Å². The van der Waals surface area contributed by atoms with E-state index in [1.807, 2.05) is 31.2 Å². The zero-order chi connectivity index (χ0) is 20.3. The second-order valence-electron chi connectivity index (χ2n) is 6.43. The van der Waals surface area contributed by atoms with Gasteiger partial charge in [-0.3, -0.25) is 5.43 Å². The van der Waals surface area contributed by atoms with Gasteiger partial charge in [0, 0.05) is 23.2 Å². The summed E-state index contributed by atoms with van der Waals surface area (Å²) in [5, 5.41) is 13.5. The maximum Gasteiger partial charge on any atom is 0.131 e. The van der Waals surface area contributed by atoms with Crippen LogP contribution in [0.2, 0.25) is 5.02 Å². The Bertz CT molecular complexity index is 1040. The molecule has 2 aromatic carbocycles. The van der Waals surface area contributed by atoms with Crippen LogP contribution < -0.4 is 5.43 Å². The van der Waals surface area contributed by atoms with Crippen molar-refractivity contribution in [1.82, 2.24) is 4.98 Å². The lowest BCUT2D eigenvalue weighted by molar-refractivity contribution is 0.610. The molecule has 4 nitrogen and oxygen atoms in total. The van der Waals surface area contributed by atoms with E-state index in [0.29, 0.717) is 34.0 Å². The molecule has 0 aliphatic carbocycles. The molecule has 2 N–H and O–H groups in total. The number of aryl methyl sites for hydroxylation is 2. The van der Waals surface area contributed by atoms with Crippen LogP contribution in [0, 0.1) is 32.0 Å². The van der Waals surface area contributed by atoms with Gasteiger partial charge >= 0.3 is 0 Å². The van der Waals surface area contributed by atoms with Gasteiger partial charge in [-0.1, -0.05) is 29.8 Å². The Balaban J connectivity index is 1.79. The van der Waals surface area contributed by atoms with E-state index in [2.05, 4.69) is 15.5 Å². The summed E-state index contributed by atoms with van der Waals surface area (Å²) in [5.74, 6) is -0.250. The third kappa shape index (κ3) is 4.46. The van der Waals surface area contributed by atoms with E-state index in [4.69, 9.17) is 17.0 Å². The van der Waals surface area contributed by atoms with E-state index in [9.17, 15) is 4.39 Å². The van der Waals surface area contributed by atoms with Crippen molar-refractivity contribution in [1.29, 1.82) is 5.41 Å². The molecule has 0 aliphatic heterocycles. The number of halogens is 2. The standard InChI is InChI=1S/C21H20ClFN4S/c1-12-4-9-18(13(2)20(12)23)27-26-17(11-24)10-19-25-14(3)21(28-19)15-5-7-16(22)8-6-15/h4-9,11,24,27H,10H2,1-3H3. The Morgan fingerprint density at radius 3 is 2.61 bits per heavy atom. The third-order valence-electron chi connectivity index (χ3n) is 4.35. The molecular formula is C21H20ClFN4S. The van der Waals surface area contributed by atoms with Crippen molar-refractivity contribution in [2.45, 2.75) is 27.2 Å². The summed E-state index contributed by atoms with van der Waals surface area (Å²) in [5.41, 5.74) is 7.04. The van der Waals surface area contributed by atoms with Crippen LogP contribution in [0.25, 0.3) is 10.4 Å². The number of anilines is 1. The minimum Gasteiger partial charge on any atom is -0.307 e. The van der Waals surface area contributed by atoms with Gasteiger partial charge in [-0.15, -0.1) is 11.3 Å². The number of hydrogen-bond acceptors (Lipinski definition) is 5. The third-order valence-corrected chi connectivity index (χ3v) is 5.80. The molecule has 0 amide bonds. The number of benzene rings is 2. The van der Waals surface area contributed by atoms with Gasteiger partial charge in [0.1, 0.15) is 5.82 Å². The fraction of sp³-hybridized carbons (Fsp3) is 0.190. The lowest BCUT2D eigenvalue weighted by atomic mass is 10.1. The molecule has 1 aromatic heterocycles. The Morgan fingerprint density at radius 2 is 1.93 bits per heavy atom. The molecule has 144 valence electrons. The van der Waals surface area contributed by atoms with Crippen molar-refractivity contribution in [3.8, 4) is 10.4 Å². The fourth-order valence-electron chi connectivity index (χ4n) is 2.75. The smallest absolute Gasteiger partial charge is 0.131 e. The summed E-state index contributed by atoms with van der Waals surface area (Å²) in [6.45, 7) is 5.39. The molecule has 0 saturated carbocycles. The molecule has 0 saturated heterocycles. The zero-order valence-electron chi connectivity index (χ0n) is 15.8. The molecule has 3 aromatic rings. The lowest BCUT2D eigenvalue weighted by Crippen LogP contribution is -2.08. The van der Waals surface area contributed by atoms with Crippen molar-refractivity contribution in [3.05, 3.63) is 69.1 Å². The molecule has 3 rings (SSSR count). The molecule has 0 bridgehead atoms. The van der Waals surface area contributed by atoms with Gasteiger partial charge in [0.05, 0.1) is 27.0 Å². The van der Waals surface area contributed by atoms with Crippen LogP contribution in [0.4, 0.5) is 10.1 Å². The summed E-state index contributed by atoms with van der Waals surface area (Å²) < 4.78 is 14.0. The van der Waals surface area contributed by atoms with Crippen LogP contribution in [0.3, 0.4) is 0 Å². The van der Waals surface area contributed by atoms with Gasteiger partial charge in [0.15, 0.2) is 0 Å². The number of nitrogens with zero attached hydrogens (tertiary/aromatic N) is 2. The van der Waals surface area contributed by atoms with E-state index in [1.54, 1.807) is 37.3 Å². The minimum absolute atomic E-state index is 0.250. The van der Waals surface area contributed by atoms with Crippen molar-refractivity contribution >= 4 is 40.6 Å². The van der Waals surface area contributed by atoms with E-state index in [-0.39, 0.29) is 5.82 Å². The van der Waals surface area contributed by atoms with Gasteiger partial charge in [-0.25, -0.2) is 9.37 Å². The maximum absolute atomic E-state index is 14.0. The molecule has 0 unspecified atom stereocenters. The zero-order valence-corrected chi connectivity index (χ0v) is 17.4. The maximum atomic E-state index is 14.0. The Hall–Kier alpha value is -2.57. The molecule has 0 atom stereocenters. The number of nitrogens with one attached hydrogen (secondary N) is 2. The second-order valence-corrected chi connectivity index (χ2v) is 7.95. The summed E-state index contributed by atoms with van der Waals surface area (Å²) in [6.07, 6.45) is 1.61. The van der Waals surface area contributed by atoms with Crippen LogP contribution in [0.1, 0.15) is 21.8 Å². The summed E-state index contributed by atoms with van der Waals surface area (Å²) in [4.78, 5) is 5.68. The normalized spacial score (nSPS) is 11.5. The number of hydrogen-bond donors (Lipinski definition) is 2. The van der Waals surface area contributed by atoms with Gasteiger partial charge in [-0.2, -0.15) is 5.10 Å². The predicted molar refractivity (Wildman–Crippen MR) is 117 cm³/mol. The second kappa shape index (κ2) is 8.63. The molecular weight excluding hydrogens is 395 g/mol. The first kappa shape index (κ1) is 20.2. The number of thiazole rings is 1. The van der Waals surface area contributed by atoms with Crippen molar-refractivity contribution < 1.29 is 4.39 Å². The summed E-state index contributed by atoms with van der Waals surface area (Å²) in [6, 6.07) is 11.1. The molecule has 28 heavy (non-hydrogen) atoms. The topological polar surface area (TPSA) is 61.1 Å².